The molecule has 5 heteroatoms. The number of alkyl halides is 3. The zero-order valence-corrected chi connectivity index (χ0v) is 11.3. The van der Waals surface area contributed by atoms with Crippen molar-refractivity contribution in [3.63, 3.8) is 0 Å². The quantitative estimate of drug-likeness (QED) is 0.858. The van der Waals surface area contributed by atoms with Gasteiger partial charge >= 0.3 is 6.18 Å². The van der Waals surface area contributed by atoms with E-state index < -0.39 is 18.6 Å². The molecule has 0 radical (unpaired) electrons. The second-order valence-corrected chi connectivity index (χ2v) is 4.74. The first-order chi connectivity index (χ1) is 9.94. The Morgan fingerprint density at radius 3 is 2.05 bits per heavy atom. The van der Waals surface area contributed by atoms with E-state index in [9.17, 15) is 13.2 Å². The molecule has 0 saturated heterocycles. The van der Waals surface area contributed by atoms with Crippen molar-refractivity contribution in [2.45, 2.75) is 25.1 Å². The number of para-hydroxylation sites is 1. The van der Waals surface area contributed by atoms with Gasteiger partial charge in [-0.15, -0.1) is 0 Å². The second kappa shape index (κ2) is 6.63. The minimum absolute atomic E-state index is 0.123. The molecule has 2 aromatic carbocycles. The van der Waals surface area contributed by atoms with E-state index in [4.69, 9.17) is 10.5 Å². The van der Waals surface area contributed by atoms with E-state index in [0.29, 0.717) is 17.1 Å². The van der Waals surface area contributed by atoms with E-state index in [2.05, 4.69) is 0 Å². The van der Waals surface area contributed by atoms with Crippen LogP contribution in [0.3, 0.4) is 0 Å². The van der Waals surface area contributed by atoms with Crippen molar-refractivity contribution in [2.75, 3.05) is 0 Å². The van der Waals surface area contributed by atoms with E-state index in [1.807, 2.05) is 30.3 Å². The molecule has 0 aromatic heterocycles. The summed E-state index contributed by atoms with van der Waals surface area (Å²) in [6.45, 7) is 0. The molecule has 0 aliphatic rings. The lowest BCUT2D eigenvalue weighted by Crippen LogP contribution is -2.15. The van der Waals surface area contributed by atoms with Crippen molar-refractivity contribution in [3.8, 4) is 11.5 Å². The van der Waals surface area contributed by atoms with Gasteiger partial charge in [0.1, 0.15) is 11.5 Å². The van der Waals surface area contributed by atoms with Crippen LogP contribution < -0.4 is 10.5 Å². The molecule has 0 aliphatic carbocycles. The van der Waals surface area contributed by atoms with Crippen LogP contribution in [0.4, 0.5) is 13.2 Å². The smallest absolute Gasteiger partial charge is 0.389 e. The van der Waals surface area contributed by atoms with Crippen molar-refractivity contribution in [1.29, 1.82) is 0 Å². The van der Waals surface area contributed by atoms with Crippen molar-refractivity contribution in [3.05, 3.63) is 60.2 Å². The van der Waals surface area contributed by atoms with Crippen LogP contribution in [0.15, 0.2) is 54.6 Å². The van der Waals surface area contributed by atoms with Gasteiger partial charge in [0.05, 0.1) is 0 Å². The fourth-order valence-electron chi connectivity index (χ4n) is 1.89. The van der Waals surface area contributed by atoms with E-state index in [1.54, 1.807) is 24.3 Å². The zero-order chi connectivity index (χ0) is 15.3. The summed E-state index contributed by atoms with van der Waals surface area (Å²) in [5.41, 5.74) is 6.43. The van der Waals surface area contributed by atoms with Crippen LogP contribution in [0, 0.1) is 0 Å². The summed E-state index contributed by atoms with van der Waals surface area (Å²) in [6, 6.07) is 15.4. The number of nitrogens with two attached hydrogens (primary N) is 1. The molecular weight excluding hydrogens is 279 g/mol. The number of halogens is 3. The van der Waals surface area contributed by atoms with Gasteiger partial charge in [0.2, 0.25) is 0 Å². The molecule has 0 amide bonds. The average Bonchev–Trinajstić information content (AvgIpc) is 2.46. The lowest BCUT2D eigenvalue weighted by Gasteiger charge is -2.14. The van der Waals surface area contributed by atoms with Crippen LogP contribution in [0.5, 0.6) is 11.5 Å². The van der Waals surface area contributed by atoms with Crippen molar-refractivity contribution >= 4 is 0 Å². The van der Waals surface area contributed by atoms with Gasteiger partial charge < -0.3 is 10.5 Å². The fourth-order valence-corrected chi connectivity index (χ4v) is 1.89. The Hall–Kier alpha value is -2.01. The standard InChI is InChI=1S/C16H16F3NO/c17-16(18,19)11-10-15(20)12-6-8-14(9-7-12)21-13-4-2-1-3-5-13/h1-9,15H,10-11,20H2/t15-/m1/s1. The highest BCUT2D eigenvalue weighted by Crippen LogP contribution is 2.28. The van der Waals surface area contributed by atoms with Gasteiger partial charge in [-0.05, 0) is 36.2 Å². The molecule has 0 spiro atoms. The molecule has 112 valence electrons. The minimum Gasteiger partial charge on any atom is -0.457 e. The van der Waals surface area contributed by atoms with Gasteiger partial charge in [-0.3, -0.25) is 0 Å². The Kier molecular flexibility index (Phi) is 4.85. The van der Waals surface area contributed by atoms with E-state index in [0.717, 1.165) is 0 Å². The maximum absolute atomic E-state index is 12.2. The van der Waals surface area contributed by atoms with Crippen LogP contribution in [0.25, 0.3) is 0 Å². The second-order valence-electron chi connectivity index (χ2n) is 4.74. The highest BCUT2D eigenvalue weighted by molar-refractivity contribution is 5.33. The van der Waals surface area contributed by atoms with Crippen molar-refractivity contribution in [1.82, 2.24) is 0 Å². The van der Waals surface area contributed by atoms with E-state index in [-0.39, 0.29) is 6.42 Å². The van der Waals surface area contributed by atoms with Gasteiger partial charge in [-0.2, -0.15) is 13.2 Å². The Balaban J connectivity index is 1.95. The Labute approximate surface area is 121 Å². The molecule has 2 rings (SSSR count). The number of benzene rings is 2. The summed E-state index contributed by atoms with van der Waals surface area (Å²) in [7, 11) is 0. The summed E-state index contributed by atoms with van der Waals surface area (Å²) in [5, 5.41) is 0. The summed E-state index contributed by atoms with van der Waals surface area (Å²) >= 11 is 0. The highest BCUT2D eigenvalue weighted by Gasteiger charge is 2.27. The first kappa shape index (κ1) is 15.4. The lowest BCUT2D eigenvalue weighted by atomic mass is 10.0. The average molecular weight is 295 g/mol. The van der Waals surface area contributed by atoms with Gasteiger partial charge in [0.15, 0.2) is 0 Å². The van der Waals surface area contributed by atoms with Gasteiger partial charge in [0, 0.05) is 12.5 Å². The summed E-state index contributed by atoms with van der Waals surface area (Å²) in [4.78, 5) is 0. The number of ether oxygens (including phenoxy) is 1. The van der Waals surface area contributed by atoms with E-state index >= 15 is 0 Å². The summed E-state index contributed by atoms with van der Waals surface area (Å²) in [5.74, 6) is 1.32. The summed E-state index contributed by atoms with van der Waals surface area (Å²) in [6.07, 6.45) is -5.17. The third-order valence-electron chi connectivity index (χ3n) is 3.03. The van der Waals surface area contributed by atoms with Crippen LogP contribution in [-0.4, -0.2) is 6.18 Å². The highest BCUT2D eigenvalue weighted by atomic mass is 19.4. The van der Waals surface area contributed by atoms with Crippen LogP contribution in [0.2, 0.25) is 0 Å². The molecule has 0 bridgehead atoms. The number of hydrogen-bond acceptors (Lipinski definition) is 2. The molecular formula is C16H16F3NO. The molecule has 0 saturated carbocycles. The molecule has 2 aromatic rings. The molecule has 0 unspecified atom stereocenters. The Bertz CT molecular complexity index is 552. The fraction of sp³-hybridized carbons (Fsp3) is 0.250. The molecule has 0 fully saturated rings. The normalized spacial score (nSPS) is 13.0. The number of hydrogen-bond donors (Lipinski definition) is 1. The maximum Gasteiger partial charge on any atom is 0.389 e. The van der Waals surface area contributed by atoms with Crippen LogP contribution >= 0.6 is 0 Å². The predicted octanol–water partition coefficient (Wildman–Crippen LogP) is 4.82. The van der Waals surface area contributed by atoms with E-state index in [1.165, 1.54) is 0 Å². The Morgan fingerprint density at radius 2 is 1.48 bits per heavy atom. The van der Waals surface area contributed by atoms with Crippen molar-refractivity contribution in [2.24, 2.45) is 5.73 Å². The topological polar surface area (TPSA) is 35.2 Å². The predicted molar refractivity (Wildman–Crippen MR) is 75.2 cm³/mol. The molecule has 2 nitrogen and oxygen atoms in total. The molecule has 1 atom stereocenters. The van der Waals surface area contributed by atoms with Gasteiger partial charge in [-0.25, -0.2) is 0 Å². The van der Waals surface area contributed by atoms with Gasteiger partial charge in [-0.1, -0.05) is 30.3 Å². The third kappa shape index (κ3) is 5.11. The third-order valence-corrected chi connectivity index (χ3v) is 3.03. The molecule has 0 aliphatic heterocycles. The molecule has 0 heterocycles. The SMILES string of the molecule is N[C@H](CCC(F)(F)F)c1ccc(Oc2ccccc2)cc1. The number of rotatable bonds is 5. The van der Waals surface area contributed by atoms with Crippen molar-refractivity contribution < 1.29 is 17.9 Å². The minimum atomic E-state index is -4.17. The molecule has 2 N–H and O–H groups in total. The first-order valence-electron chi connectivity index (χ1n) is 6.59. The molecule has 21 heavy (non-hydrogen) atoms. The zero-order valence-electron chi connectivity index (χ0n) is 11.3. The maximum atomic E-state index is 12.2. The first-order valence-corrected chi connectivity index (χ1v) is 6.59. The van der Waals surface area contributed by atoms with Gasteiger partial charge in [0.25, 0.3) is 0 Å². The largest absolute Gasteiger partial charge is 0.457 e. The van der Waals surface area contributed by atoms with Crippen LogP contribution in [-0.2, 0) is 0 Å². The van der Waals surface area contributed by atoms with Crippen LogP contribution in [0.1, 0.15) is 24.4 Å². The lowest BCUT2D eigenvalue weighted by molar-refractivity contribution is -0.136. The monoisotopic (exact) mass is 295 g/mol. The summed E-state index contributed by atoms with van der Waals surface area (Å²) < 4.78 is 42.1. The Morgan fingerprint density at radius 1 is 0.905 bits per heavy atom.